The second-order valence-electron chi connectivity index (χ2n) is 7.56. The van der Waals surface area contributed by atoms with E-state index in [2.05, 4.69) is 16.0 Å². The van der Waals surface area contributed by atoms with Crippen molar-refractivity contribution in [2.45, 2.75) is 6.61 Å². The second kappa shape index (κ2) is 11.7. The zero-order valence-electron chi connectivity index (χ0n) is 19.3. The van der Waals surface area contributed by atoms with Crippen molar-refractivity contribution in [3.8, 4) is 11.5 Å². The Morgan fingerprint density at radius 3 is 2.47 bits per heavy atom. The molecule has 0 aliphatic heterocycles. The van der Waals surface area contributed by atoms with Gasteiger partial charge in [0.2, 0.25) is 0 Å². The van der Waals surface area contributed by atoms with Gasteiger partial charge >= 0.3 is 0 Å². The van der Waals surface area contributed by atoms with E-state index in [-0.39, 0.29) is 16.8 Å². The number of amides is 2. The molecular formula is C27H23N3O5S. The molecule has 0 bridgehead atoms. The van der Waals surface area contributed by atoms with Gasteiger partial charge in [-0.1, -0.05) is 36.4 Å². The number of methoxy groups -OCH3 is 1. The van der Waals surface area contributed by atoms with E-state index in [1.807, 2.05) is 30.3 Å². The summed E-state index contributed by atoms with van der Waals surface area (Å²) in [6.07, 6.45) is 1.42. The molecule has 3 aromatic carbocycles. The first kappa shape index (κ1) is 24.5. The van der Waals surface area contributed by atoms with Crippen molar-refractivity contribution in [3.63, 3.8) is 0 Å². The maximum absolute atomic E-state index is 12.7. The minimum atomic E-state index is -0.406. The van der Waals surface area contributed by atoms with E-state index in [4.69, 9.17) is 26.1 Å². The van der Waals surface area contributed by atoms with E-state index in [1.165, 1.54) is 13.4 Å². The smallest absolute Gasteiger partial charge is 0.291 e. The highest BCUT2D eigenvalue weighted by molar-refractivity contribution is 7.80. The lowest BCUT2D eigenvalue weighted by Gasteiger charge is -2.14. The molecule has 0 radical (unpaired) electrons. The van der Waals surface area contributed by atoms with Gasteiger partial charge in [-0.3, -0.25) is 14.9 Å². The van der Waals surface area contributed by atoms with Crippen LogP contribution in [0.25, 0.3) is 0 Å². The Kier molecular flexibility index (Phi) is 7.94. The Morgan fingerprint density at radius 1 is 0.889 bits per heavy atom. The molecule has 9 heteroatoms. The number of furan rings is 1. The molecule has 0 spiro atoms. The van der Waals surface area contributed by atoms with Crippen LogP contribution in [0.1, 0.15) is 26.5 Å². The summed E-state index contributed by atoms with van der Waals surface area (Å²) in [6, 6.07) is 24.8. The van der Waals surface area contributed by atoms with Crippen molar-refractivity contribution in [3.05, 3.63) is 108 Å². The molecule has 3 N–H and O–H groups in total. The van der Waals surface area contributed by atoms with E-state index >= 15 is 0 Å². The van der Waals surface area contributed by atoms with Crippen molar-refractivity contribution in [2.24, 2.45) is 0 Å². The average molecular weight is 502 g/mol. The fourth-order valence-corrected chi connectivity index (χ4v) is 3.48. The normalized spacial score (nSPS) is 10.2. The monoisotopic (exact) mass is 501 g/mol. The number of carbonyl (C=O) groups excluding carboxylic acids is 2. The first-order chi connectivity index (χ1) is 17.5. The summed E-state index contributed by atoms with van der Waals surface area (Å²) in [4.78, 5) is 25.0. The third-order valence-corrected chi connectivity index (χ3v) is 5.23. The molecule has 8 nitrogen and oxygen atoms in total. The van der Waals surface area contributed by atoms with Crippen LogP contribution in [0.3, 0.4) is 0 Å². The van der Waals surface area contributed by atoms with Crippen LogP contribution in [0, 0.1) is 0 Å². The quantitative estimate of drug-likeness (QED) is 0.284. The van der Waals surface area contributed by atoms with Gasteiger partial charge in [0.05, 0.1) is 19.1 Å². The van der Waals surface area contributed by atoms with Gasteiger partial charge in [0.25, 0.3) is 11.8 Å². The standard InChI is InChI=1S/C27H23N3O5S/c1-33-24-16-20(12-13-22(24)29-26(32)23-11-6-14-34-23)28-27(36)30-25(31)19-9-5-10-21(15-19)35-17-18-7-3-2-4-8-18/h2-16H,17H2,1H3,(H,29,32)(H2,28,30,31,36). The lowest BCUT2D eigenvalue weighted by atomic mass is 10.2. The summed E-state index contributed by atoms with van der Waals surface area (Å²) in [5.41, 5.74) is 2.44. The van der Waals surface area contributed by atoms with Gasteiger partial charge in [-0.05, 0) is 60.2 Å². The molecule has 0 unspecified atom stereocenters. The van der Waals surface area contributed by atoms with Gasteiger partial charge in [-0.25, -0.2) is 0 Å². The lowest BCUT2D eigenvalue weighted by molar-refractivity contribution is 0.0974. The Hall–Kier alpha value is -4.63. The largest absolute Gasteiger partial charge is 0.494 e. The van der Waals surface area contributed by atoms with Crippen molar-refractivity contribution >= 4 is 40.5 Å². The highest BCUT2D eigenvalue weighted by Gasteiger charge is 2.14. The van der Waals surface area contributed by atoms with Gasteiger partial charge in [0, 0.05) is 17.3 Å². The molecule has 4 rings (SSSR count). The molecule has 0 atom stereocenters. The molecular weight excluding hydrogens is 478 g/mol. The predicted octanol–water partition coefficient (Wildman–Crippen LogP) is 5.25. The van der Waals surface area contributed by atoms with Crippen LogP contribution < -0.4 is 25.4 Å². The summed E-state index contributed by atoms with van der Waals surface area (Å²) in [5.74, 6) is 0.362. The van der Waals surface area contributed by atoms with Crippen LogP contribution >= 0.6 is 12.2 Å². The van der Waals surface area contributed by atoms with Crippen LogP contribution in [0.4, 0.5) is 11.4 Å². The third kappa shape index (κ3) is 6.49. The Morgan fingerprint density at radius 2 is 1.72 bits per heavy atom. The van der Waals surface area contributed by atoms with Crippen LogP contribution in [-0.4, -0.2) is 24.0 Å². The zero-order valence-corrected chi connectivity index (χ0v) is 20.1. The molecule has 0 aliphatic carbocycles. The highest BCUT2D eigenvalue weighted by atomic mass is 32.1. The number of ether oxygens (including phenoxy) is 2. The van der Waals surface area contributed by atoms with Crippen LogP contribution in [-0.2, 0) is 6.61 Å². The fraction of sp³-hybridized carbons (Fsp3) is 0.0741. The molecule has 0 saturated carbocycles. The number of nitrogens with one attached hydrogen (secondary N) is 3. The Labute approximate surface area is 213 Å². The molecule has 0 saturated heterocycles. The minimum absolute atomic E-state index is 0.102. The van der Waals surface area contributed by atoms with E-state index in [0.717, 1.165) is 5.56 Å². The lowest BCUT2D eigenvalue weighted by Crippen LogP contribution is -2.34. The number of hydrogen-bond acceptors (Lipinski definition) is 6. The van der Waals surface area contributed by atoms with Gasteiger partial charge < -0.3 is 24.5 Å². The van der Waals surface area contributed by atoms with Crippen LogP contribution in [0.2, 0.25) is 0 Å². The zero-order chi connectivity index (χ0) is 25.3. The van der Waals surface area contributed by atoms with E-state index in [9.17, 15) is 9.59 Å². The van der Waals surface area contributed by atoms with E-state index in [0.29, 0.717) is 35.0 Å². The molecule has 4 aromatic rings. The minimum Gasteiger partial charge on any atom is -0.494 e. The molecule has 0 aliphatic rings. The predicted molar refractivity (Wildman–Crippen MR) is 141 cm³/mol. The Bertz CT molecular complexity index is 1360. The molecule has 2 amide bonds. The fourth-order valence-electron chi connectivity index (χ4n) is 3.27. The first-order valence-corrected chi connectivity index (χ1v) is 11.3. The third-order valence-electron chi connectivity index (χ3n) is 5.02. The average Bonchev–Trinajstić information content (AvgIpc) is 3.44. The topological polar surface area (TPSA) is 102 Å². The first-order valence-electron chi connectivity index (χ1n) is 10.9. The van der Waals surface area contributed by atoms with Gasteiger partial charge in [-0.15, -0.1) is 0 Å². The number of anilines is 2. The maximum atomic E-state index is 12.7. The van der Waals surface area contributed by atoms with Crippen molar-refractivity contribution in [2.75, 3.05) is 17.7 Å². The van der Waals surface area contributed by atoms with E-state index < -0.39 is 5.91 Å². The SMILES string of the molecule is COc1cc(NC(=S)NC(=O)c2cccc(OCc3ccccc3)c2)ccc1NC(=O)c1ccco1. The molecule has 182 valence electrons. The summed E-state index contributed by atoms with van der Waals surface area (Å²) < 4.78 is 16.3. The summed E-state index contributed by atoms with van der Waals surface area (Å²) in [5, 5.41) is 8.42. The number of hydrogen-bond donors (Lipinski definition) is 3. The molecule has 1 aromatic heterocycles. The van der Waals surface area contributed by atoms with E-state index in [1.54, 1.807) is 54.6 Å². The van der Waals surface area contributed by atoms with Crippen molar-refractivity contribution in [1.82, 2.24) is 5.32 Å². The summed E-state index contributed by atoms with van der Waals surface area (Å²) in [6.45, 7) is 0.395. The van der Waals surface area contributed by atoms with Crippen LogP contribution in [0.15, 0.2) is 95.6 Å². The van der Waals surface area contributed by atoms with Gasteiger partial charge in [0.15, 0.2) is 10.9 Å². The number of benzene rings is 3. The van der Waals surface area contributed by atoms with Crippen molar-refractivity contribution in [1.29, 1.82) is 0 Å². The summed E-state index contributed by atoms with van der Waals surface area (Å²) in [7, 11) is 1.48. The number of thiocarbonyl (C=S) groups is 1. The maximum Gasteiger partial charge on any atom is 0.291 e. The van der Waals surface area contributed by atoms with Gasteiger partial charge in [0.1, 0.15) is 18.1 Å². The molecule has 0 fully saturated rings. The highest BCUT2D eigenvalue weighted by Crippen LogP contribution is 2.28. The van der Waals surface area contributed by atoms with Crippen LogP contribution in [0.5, 0.6) is 11.5 Å². The van der Waals surface area contributed by atoms with Gasteiger partial charge in [-0.2, -0.15) is 0 Å². The molecule has 36 heavy (non-hydrogen) atoms. The number of rotatable bonds is 8. The molecule has 1 heterocycles. The summed E-state index contributed by atoms with van der Waals surface area (Å²) >= 11 is 5.30. The number of carbonyl (C=O) groups is 2. The second-order valence-corrected chi connectivity index (χ2v) is 7.97. The Balaban J connectivity index is 1.34. The van der Waals surface area contributed by atoms with Crippen molar-refractivity contribution < 1.29 is 23.5 Å².